The maximum Gasteiger partial charge on any atom is 0.228 e. The summed E-state index contributed by atoms with van der Waals surface area (Å²) in [6.07, 6.45) is 2.01. The lowest BCUT2D eigenvalue weighted by Gasteiger charge is -2.27. The van der Waals surface area contributed by atoms with Crippen LogP contribution >= 0.6 is 0 Å². The Kier molecular flexibility index (Phi) is 4.91. The molecular formula is C25H26N8O. The molecule has 34 heavy (non-hydrogen) atoms. The molecule has 0 spiro atoms. The number of benzene rings is 2. The summed E-state index contributed by atoms with van der Waals surface area (Å²) in [5, 5.41) is 14.8. The molecule has 3 aromatic heterocycles. The largest absolute Gasteiger partial charge is 0.378 e. The molecule has 9 heteroatoms. The van der Waals surface area contributed by atoms with Gasteiger partial charge in [-0.15, -0.1) is 0 Å². The van der Waals surface area contributed by atoms with E-state index >= 15 is 0 Å². The van der Waals surface area contributed by atoms with Crippen molar-refractivity contribution in [2.24, 2.45) is 14.1 Å². The van der Waals surface area contributed by atoms with Gasteiger partial charge in [0.25, 0.3) is 0 Å². The molecule has 172 valence electrons. The Labute approximate surface area is 197 Å². The molecule has 0 aliphatic carbocycles. The molecule has 1 aliphatic heterocycles. The summed E-state index contributed by atoms with van der Waals surface area (Å²) in [5.74, 6) is 1.44. The highest BCUT2D eigenvalue weighted by Crippen LogP contribution is 2.29. The normalized spacial score (nSPS) is 14.3. The first-order valence-corrected chi connectivity index (χ1v) is 11.4. The van der Waals surface area contributed by atoms with E-state index in [4.69, 9.17) is 14.7 Å². The number of hydrogen-bond donors (Lipinski definition) is 1. The zero-order valence-electron chi connectivity index (χ0n) is 19.5. The van der Waals surface area contributed by atoms with Crippen LogP contribution in [0.25, 0.3) is 33.1 Å². The second-order valence-corrected chi connectivity index (χ2v) is 8.68. The predicted octanol–water partition coefficient (Wildman–Crippen LogP) is 3.81. The predicted molar refractivity (Wildman–Crippen MR) is 134 cm³/mol. The molecule has 0 atom stereocenters. The number of aryl methyl sites for hydroxylation is 3. The maximum absolute atomic E-state index is 5.54. The summed E-state index contributed by atoms with van der Waals surface area (Å²) in [4.78, 5) is 12.0. The number of aromatic nitrogens is 6. The van der Waals surface area contributed by atoms with Crippen LogP contribution in [0.3, 0.4) is 0 Å². The van der Waals surface area contributed by atoms with E-state index in [9.17, 15) is 0 Å². The smallest absolute Gasteiger partial charge is 0.228 e. The van der Waals surface area contributed by atoms with Crippen molar-refractivity contribution < 1.29 is 4.74 Å². The van der Waals surface area contributed by atoms with Gasteiger partial charge in [-0.05, 0) is 31.2 Å². The van der Waals surface area contributed by atoms with E-state index < -0.39 is 0 Å². The van der Waals surface area contributed by atoms with E-state index in [1.54, 1.807) is 0 Å². The monoisotopic (exact) mass is 454 g/mol. The van der Waals surface area contributed by atoms with Gasteiger partial charge >= 0.3 is 0 Å². The molecule has 0 radical (unpaired) electrons. The van der Waals surface area contributed by atoms with Crippen molar-refractivity contribution in [3.63, 3.8) is 0 Å². The van der Waals surface area contributed by atoms with Crippen molar-refractivity contribution in [3.8, 4) is 11.3 Å². The lowest BCUT2D eigenvalue weighted by Crippen LogP contribution is -2.37. The SMILES string of the molecule is Cc1nn(C)c2cc(-c3cc(Nc4ccc5cn(C)nc5c4)nc(N4CCOCC4)n3)ccc12. The average molecular weight is 455 g/mol. The van der Waals surface area contributed by atoms with Gasteiger partial charge in [-0.25, -0.2) is 4.98 Å². The summed E-state index contributed by atoms with van der Waals surface area (Å²) in [7, 11) is 3.90. The molecule has 1 N–H and O–H groups in total. The fourth-order valence-electron chi connectivity index (χ4n) is 4.51. The highest BCUT2D eigenvalue weighted by atomic mass is 16.5. The highest BCUT2D eigenvalue weighted by Gasteiger charge is 2.17. The first-order valence-electron chi connectivity index (χ1n) is 11.4. The third-order valence-electron chi connectivity index (χ3n) is 6.23. The van der Waals surface area contributed by atoms with Crippen molar-refractivity contribution in [3.05, 3.63) is 54.4 Å². The van der Waals surface area contributed by atoms with Gasteiger partial charge in [0.2, 0.25) is 5.95 Å². The number of nitrogens with zero attached hydrogens (tertiary/aromatic N) is 7. The summed E-state index contributed by atoms with van der Waals surface area (Å²) < 4.78 is 9.28. The molecule has 0 unspecified atom stereocenters. The van der Waals surface area contributed by atoms with Crippen LogP contribution in [0.5, 0.6) is 0 Å². The molecule has 4 heterocycles. The van der Waals surface area contributed by atoms with Crippen molar-refractivity contribution in [2.75, 3.05) is 36.5 Å². The molecule has 0 saturated carbocycles. The van der Waals surface area contributed by atoms with Crippen LogP contribution < -0.4 is 10.2 Å². The van der Waals surface area contributed by atoms with Crippen LogP contribution in [-0.2, 0) is 18.8 Å². The number of hydrogen-bond acceptors (Lipinski definition) is 7. The van der Waals surface area contributed by atoms with Crippen LogP contribution in [0.15, 0.2) is 48.7 Å². The zero-order valence-corrected chi connectivity index (χ0v) is 19.5. The third-order valence-corrected chi connectivity index (χ3v) is 6.23. The molecule has 0 bridgehead atoms. The van der Waals surface area contributed by atoms with E-state index in [0.717, 1.165) is 63.4 Å². The summed E-state index contributed by atoms with van der Waals surface area (Å²) >= 11 is 0. The van der Waals surface area contributed by atoms with Crippen LogP contribution in [0.2, 0.25) is 0 Å². The van der Waals surface area contributed by atoms with Gasteiger partial charge in [-0.3, -0.25) is 9.36 Å². The Morgan fingerprint density at radius 3 is 2.65 bits per heavy atom. The quantitative estimate of drug-likeness (QED) is 0.442. The molecule has 1 aliphatic rings. The number of ether oxygens (including phenoxy) is 1. The van der Waals surface area contributed by atoms with Gasteiger partial charge in [0.15, 0.2) is 0 Å². The highest BCUT2D eigenvalue weighted by molar-refractivity contribution is 5.87. The second-order valence-electron chi connectivity index (χ2n) is 8.68. The van der Waals surface area contributed by atoms with Gasteiger partial charge < -0.3 is 15.0 Å². The van der Waals surface area contributed by atoms with Crippen molar-refractivity contribution in [1.29, 1.82) is 0 Å². The maximum atomic E-state index is 5.54. The van der Waals surface area contributed by atoms with E-state index in [-0.39, 0.29) is 0 Å². The molecule has 6 rings (SSSR count). The molecule has 0 amide bonds. The first-order chi connectivity index (χ1) is 16.5. The molecule has 1 saturated heterocycles. The minimum atomic E-state index is 0.674. The first kappa shape index (κ1) is 20.6. The Bertz CT molecular complexity index is 1510. The van der Waals surface area contributed by atoms with Gasteiger partial charge in [-0.2, -0.15) is 15.2 Å². The van der Waals surface area contributed by atoms with Gasteiger partial charge in [0.1, 0.15) is 5.82 Å². The summed E-state index contributed by atoms with van der Waals surface area (Å²) in [6, 6.07) is 14.5. The number of fused-ring (bicyclic) bond motifs is 2. The molecule has 9 nitrogen and oxygen atoms in total. The molecule has 5 aromatic rings. The Morgan fingerprint density at radius 2 is 1.79 bits per heavy atom. The van der Waals surface area contributed by atoms with Crippen molar-refractivity contribution >= 4 is 39.3 Å². The number of nitrogens with one attached hydrogen (secondary N) is 1. The molecule has 2 aromatic carbocycles. The molecule has 1 fully saturated rings. The van der Waals surface area contributed by atoms with Crippen LogP contribution in [0.4, 0.5) is 17.5 Å². The number of rotatable bonds is 4. The Balaban J connectivity index is 1.43. The van der Waals surface area contributed by atoms with Crippen LogP contribution in [-0.4, -0.2) is 55.8 Å². The van der Waals surface area contributed by atoms with E-state index in [1.165, 1.54) is 0 Å². The Hall–Kier alpha value is -3.98. The van der Waals surface area contributed by atoms with Crippen molar-refractivity contribution in [2.45, 2.75) is 6.92 Å². The summed E-state index contributed by atoms with van der Waals surface area (Å²) in [6.45, 7) is 4.91. The van der Waals surface area contributed by atoms with E-state index in [1.807, 2.05) is 54.8 Å². The second kappa shape index (κ2) is 8.11. The average Bonchev–Trinajstić information content (AvgIpc) is 3.36. The third kappa shape index (κ3) is 3.73. The number of anilines is 3. The standard InChI is InChI=1S/C25H26N8O/c1-16-20-7-5-17(12-23(20)32(3)29-16)21-14-24(28-25(27-21)33-8-10-34-11-9-33)26-19-6-4-18-15-31(2)30-22(18)13-19/h4-7,12-15H,8-11H2,1-3H3,(H,26,27,28). The fraction of sp³-hybridized carbons (Fsp3) is 0.280. The van der Waals surface area contributed by atoms with Gasteiger partial charge in [-0.1, -0.05) is 12.1 Å². The van der Waals surface area contributed by atoms with Gasteiger partial charge in [0.05, 0.1) is 35.6 Å². The zero-order chi connectivity index (χ0) is 23.2. The lowest BCUT2D eigenvalue weighted by molar-refractivity contribution is 0.122. The summed E-state index contributed by atoms with van der Waals surface area (Å²) in [5.41, 5.74) is 5.85. The van der Waals surface area contributed by atoms with Crippen molar-refractivity contribution in [1.82, 2.24) is 29.5 Å². The number of morpholine rings is 1. The van der Waals surface area contributed by atoms with Crippen LogP contribution in [0.1, 0.15) is 5.69 Å². The molecular weight excluding hydrogens is 428 g/mol. The van der Waals surface area contributed by atoms with Gasteiger partial charge in [0, 0.05) is 61.5 Å². The Morgan fingerprint density at radius 1 is 0.941 bits per heavy atom. The lowest BCUT2D eigenvalue weighted by atomic mass is 10.1. The minimum Gasteiger partial charge on any atom is -0.378 e. The van der Waals surface area contributed by atoms with E-state index in [0.29, 0.717) is 19.2 Å². The topological polar surface area (TPSA) is 85.9 Å². The van der Waals surface area contributed by atoms with Crippen LogP contribution in [0, 0.1) is 6.92 Å². The minimum absolute atomic E-state index is 0.674. The fourth-order valence-corrected chi connectivity index (χ4v) is 4.51. The van der Waals surface area contributed by atoms with E-state index in [2.05, 4.69) is 44.7 Å².